The van der Waals surface area contributed by atoms with E-state index in [2.05, 4.69) is 10.5 Å². The molecule has 3 rings (SSSR count). The van der Waals surface area contributed by atoms with E-state index in [1.54, 1.807) is 12.1 Å². The smallest absolute Gasteiger partial charge is 0.251 e. The highest BCUT2D eigenvalue weighted by Crippen LogP contribution is 2.34. The molecule has 0 unspecified atom stereocenters. The van der Waals surface area contributed by atoms with Gasteiger partial charge in [-0.1, -0.05) is 47.6 Å². The van der Waals surface area contributed by atoms with Crippen LogP contribution in [-0.2, 0) is 0 Å². The SMILES string of the molecule is Cc1onc(-c2ccccc2)c1-c1ccc(C(=O)N[C@H](C)CCO)cc1. The van der Waals surface area contributed by atoms with Gasteiger partial charge in [0, 0.05) is 23.8 Å². The lowest BCUT2D eigenvalue weighted by atomic mass is 9.98. The maximum Gasteiger partial charge on any atom is 0.251 e. The van der Waals surface area contributed by atoms with Crippen LogP contribution in [0.25, 0.3) is 22.4 Å². The Morgan fingerprint density at radius 1 is 1.12 bits per heavy atom. The van der Waals surface area contributed by atoms with Gasteiger partial charge in [0.1, 0.15) is 11.5 Å². The zero-order valence-electron chi connectivity index (χ0n) is 14.9. The second-order valence-electron chi connectivity index (χ2n) is 6.29. The van der Waals surface area contributed by atoms with Gasteiger partial charge in [-0.2, -0.15) is 0 Å². The molecule has 1 heterocycles. The number of amides is 1. The topological polar surface area (TPSA) is 75.4 Å². The highest BCUT2D eigenvalue weighted by molar-refractivity contribution is 5.95. The zero-order valence-corrected chi connectivity index (χ0v) is 14.9. The fraction of sp³-hybridized carbons (Fsp3) is 0.238. The minimum Gasteiger partial charge on any atom is -0.396 e. The van der Waals surface area contributed by atoms with E-state index in [0.29, 0.717) is 12.0 Å². The molecule has 0 saturated carbocycles. The number of aromatic nitrogens is 1. The number of aliphatic hydroxyl groups is 1. The van der Waals surface area contributed by atoms with E-state index in [1.807, 2.05) is 56.3 Å². The average Bonchev–Trinajstić information content (AvgIpc) is 3.04. The summed E-state index contributed by atoms with van der Waals surface area (Å²) >= 11 is 0. The van der Waals surface area contributed by atoms with Crippen LogP contribution >= 0.6 is 0 Å². The molecule has 2 N–H and O–H groups in total. The van der Waals surface area contributed by atoms with E-state index in [4.69, 9.17) is 9.63 Å². The van der Waals surface area contributed by atoms with Gasteiger partial charge in [-0.15, -0.1) is 0 Å². The lowest BCUT2D eigenvalue weighted by molar-refractivity contribution is 0.0934. The van der Waals surface area contributed by atoms with Gasteiger partial charge in [-0.05, 0) is 38.0 Å². The van der Waals surface area contributed by atoms with E-state index in [0.717, 1.165) is 28.1 Å². The summed E-state index contributed by atoms with van der Waals surface area (Å²) in [6.07, 6.45) is 0.532. The van der Waals surface area contributed by atoms with Gasteiger partial charge in [0.15, 0.2) is 0 Å². The number of aryl methyl sites for hydroxylation is 1. The summed E-state index contributed by atoms with van der Waals surface area (Å²) in [4.78, 5) is 12.3. The van der Waals surface area contributed by atoms with Gasteiger partial charge in [-0.3, -0.25) is 4.79 Å². The molecule has 0 aliphatic rings. The van der Waals surface area contributed by atoms with Gasteiger partial charge < -0.3 is 14.9 Å². The number of nitrogens with one attached hydrogen (secondary N) is 1. The van der Waals surface area contributed by atoms with Crippen molar-refractivity contribution < 1.29 is 14.4 Å². The molecule has 5 heteroatoms. The van der Waals surface area contributed by atoms with E-state index < -0.39 is 0 Å². The molecule has 0 aliphatic carbocycles. The summed E-state index contributed by atoms with van der Waals surface area (Å²) in [6, 6.07) is 17.2. The maximum atomic E-state index is 12.3. The molecule has 0 fully saturated rings. The minimum absolute atomic E-state index is 0.0510. The summed E-state index contributed by atoms with van der Waals surface area (Å²) in [5.41, 5.74) is 4.23. The molecule has 2 aromatic carbocycles. The molecule has 0 bridgehead atoms. The average molecular weight is 350 g/mol. The Hall–Kier alpha value is -2.92. The summed E-state index contributed by atoms with van der Waals surface area (Å²) in [5, 5.41) is 16.0. The third-order valence-corrected chi connectivity index (χ3v) is 4.29. The van der Waals surface area contributed by atoms with Crippen LogP contribution in [0.2, 0.25) is 0 Å². The van der Waals surface area contributed by atoms with E-state index in [-0.39, 0.29) is 18.6 Å². The van der Waals surface area contributed by atoms with Gasteiger partial charge >= 0.3 is 0 Å². The summed E-state index contributed by atoms with van der Waals surface area (Å²) in [7, 11) is 0. The molecule has 0 spiro atoms. The van der Waals surface area contributed by atoms with Gasteiger partial charge in [0.25, 0.3) is 5.91 Å². The number of carbonyl (C=O) groups excluding carboxylic acids is 1. The van der Waals surface area contributed by atoms with Crippen molar-refractivity contribution in [3.05, 3.63) is 65.9 Å². The molecule has 26 heavy (non-hydrogen) atoms. The van der Waals surface area contributed by atoms with Crippen LogP contribution in [0.3, 0.4) is 0 Å². The number of rotatable bonds is 6. The number of aliphatic hydroxyl groups excluding tert-OH is 1. The third kappa shape index (κ3) is 3.83. The first-order valence-electron chi connectivity index (χ1n) is 8.64. The minimum atomic E-state index is -0.150. The Morgan fingerprint density at radius 3 is 2.46 bits per heavy atom. The fourth-order valence-corrected chi connectivity index (χ4v) is 2.87. The summed E-state index contributed by atoms with van der Waals surface area (Å²) < 4.78 is 5.41. The van der Waals surface area contributed by atoms with Gasteiger partial charge in [0.05, 0.1) is 5.56 Å². The van der Waals surface area contributed by atoms with Crippen molar-refractivity contribution >= 4 is 5.91 Å². The molecule has 0 saturated heterocycles. The van der Waals surface area contributed by atoms with Gasteiger partial charge in [-0.25, -0.2) is 0 Å². The lowest BCUT2D eigenvalue weighted by Gasteiger charge is -2.12. The molecule has 1 amide bonds. The number of carbonyl (C=O) groups is 1. The number of benzene rings is 2. The fourth-order valence-electron chi connectivity index (χ4n) is 2.87. The van der Waals surface area contributed by atoms with Crippen LogP contribution in [0.15, 0.2) is 59.1 Å². The molecule has 134 valence electrons. The second kappa shape index (κ2) is 7.97. The van der Waals surface area contributed by atoms with E-state index >= 15 is 0 Å². The first-order chi connectivity index (χ1) is 12.6. The predicted molar refractivity (Wildman–Crippen MR) is 101 cm³/mol. The van der Waals surface area contributed by atoms with E-state index in [1.165, 1.54) is 0 Å². The third-order valence-electron chi connectivity index (χ3n) is 4.29. The molecule has 0 aliphatic heterocycles. The summed E-state index contributed by atoms with van der Waals surface area (Å²) in [6.45, 7) is 3.80. The highest BCUT2D eigenvalue weighted by atomic mass is 16.5. The van der Waals surface area contributed by atoms with Crippen LogP contribution in [0.4, 0.5) is 0 Å². The normalized spacial score (nSPS) is 12.0. The zero-order chi connectivity index (χ0) is 18.5. The first kappa shape index (κ1) is 17.9. The maximum absolute atomic E-state index is 12.3. The van der Waals surface area contributed by atoms with Crippen LogP contribution in [0, 0.1) is 6.92 Å². The molecular formula is C21H22N2O3. The number of hydrogen-bond donors (Lipinski definition) is 2. The first-order valence-corrected chi connectivity index (χ1v) is 8.64. The standard InChI is InChI=1S/C21H22N2O3/c1-14(12-13-24)22-21(25)18-10-8-16(9-11-18)19-15(2)26-23-20(19)17-6-4-3-5-7-17/h3-11,14,24H,12-13H2,1-2H3,(H,22,25)/t14-/m1/s1. The van der Waals surface area contributed by atoms with Crippen molar-refractivity contribution in [3.63, 3.8) is 0 Å². The van der Waals surface area contributed by atoms with Crippen LogP contribution in [0.1, 0.15) is 29.5 Å². The molecule has 0 radical (unpaired) electrons. The number of hydrogen-bond acceptors (Lipinski definition) is 4. The highest BCUT2D eigenvalue weighted by Gasteiger charge is 2.17. The van der Waals surface area contributed by atoms with Crippen molar-refractivity contribution in [2.75, 3.05) is 6.61 Å². The molecule has 1 aromatic heterocycles. The van der Waals surface area contributed by atoms with Crippen molar-refractivity contribution in [1.82, 2.24) is 10.5 Å². The second-order valence-corrected chi connectivity index (χ2v) is 6.29. The molecular weight excluding hydrogens is 328 g/mol. The lowest BCUT2D eigenvalue weighted by Crippen LogP contribution is -2.33. The van der Waals surface area contributed by atoms with Crippen molar-refractivity contribution in [1.29, 1.82) is 0 Å². The van der Waals surface area contributed by atoms with Gasteiger partial charge in [0.2, 0.25) is 0 Å². The molecule has 1 atom stereocenters. The Balaban J connectivity index is 1.86. The quantitative estimate of drug-likeness (QED) is 0.709. The monoisotopic (exact) mass is 350 g/mol. The molecule has 5 nitrogen and oxygen atoms in total. The number of nitrogens with zero attached hydrogens (tertiary/aromatic N) is 1. The Morgan fingerprint density at radius 2 is 1.81 bits per heavy atom. The Kier molecular flexibility index (Phi) is 5.49. The van der Waals surface area contributed by atoms with Crippen molar-refractivity contribution in [2.24, 2.45) is 0 Å². The Bertz CT molecular complexity index is 870. The van der Waals surface area contributed by atoms with Crippen molar-refractivity contribution in [2.45, 2.75) is 26.3 Å². The Labute approximate surface area is 152 Å². The van der Waals surface area contributed by atoms with Crippen molar-refractivity contribution in [3.8, 4) is 22.4 Å². The largest absolute Gasteiger partial charge is 0.396 e. The van der Waals surface area contributed by atoms with Crippen LogP contribution in [-0.4, -0.2) is 28.8 Å². The van der Waals surface area contributed by atoms with E-state index in [9.17, 15) is 4.79 Å². The summed E-state index contributed by atoms with van der Waals surface area (Å²) in [5.74, 6) is 0.584. The van der Waals surface area contributed by atoms with Crippen LogP contribution in [0.5, 0.6) is 0 Å². The van der Waals surface area contributed by atoms with Crippen LogP contribution < -0.4 is 5.32 Å². The predicted octanol–water partition coefficient (Wildman–Crippen LogP) is 3.82. The molecule has 3 aromatic rings.